The molecule has 8 nitrogen and oxygen atoms in total. The average molecular weight is 343 g/mol. The molecule has 1 aromatic carbocycles. The predicted octanol–water partition coefficient (Wildman–Crippen LogP) is 0.826. The Morgan fingerprint density at radius 2 is 2.00 bits per heavy atom. The van der Waals surface area contributed by atoms with E-state index < -0.39 is 29.7 Å². The topological polar surface area (TPSA) is 113 Å². The number of nitrogens with zero attached hydrogens (tertiary/aromatic N) is 1. The Labute approximate surface area is 143 Å². The first-order valence-electron chi connectivity index (χ1n) is 8.08. The van der Waals surface area contributed by atoms with Gasteiger partial charge in [-0.2, -0.15) is 0 Å². The van der Waals surface area contributed by atoms with Crippen molar-refractivity contribution >= 4 is 35.2 Å². The summed E-state index contributed by atoms with van der Waals surface area (Å²) in [5.74, 6) is -2.58. The maximum atomic E-state index is 12.8. The number of fused-ring (bicyclic) bond motifs is 1. The predicted molar refractivity (Wildman–Crippen MR) is 86.7 cm³/mol. The Hall–Kier alpha value is -3.03. The molecule has 3 rings (SSSR count). The quantitative estimate of drug-likeness (QED) is 0.786. The second-order valence-electron chi connectivity index (χ2n) is 5.97. The molecule has 2 aliphatic heterocycles. The van der Waals surface area contributed by atoms with Gasteiger partial charge in [-0.15, -0.1) is 0 Å². The second-order valence-corrected chi connectivity index (χ2v) is 5.97. The number of carbonyl (C=O) groups is 5. The van der Waals surface area contributed by atoms with E-state index in [4.69, 9.17) is 0 Å². The highest BCUT2D eigenvalue weighted by molar-refractivity contribution is 6.26. The number of hydrogen-bond donors (Lipinski definition) is 2. The van der Waals surface area contributed by atoms with E-state index in [9.17, 15) is 24.0 Å². The number of piperidine rings is 1. The molecule has 0 bridgehead atoms. The fourth-order valence-corrected chi connectivity index (χ4v) is 3.06. The number of imide groups is 2. The summed E-state index contributed by atoms with van der Waals surface area (Å²) < 4.78 is 0. The molecule has 1 atom stereocenters. The normalized spacial score (nSPS) is 19.7. The molecule has 2 N–H and O–H groups in total. The van der Waals surface area contributed by atoms with Crippen LogP contribution in [0.2, 0.25) is 0 Å². The SMILES string of the molecule is CCCC(=O)Nc1cccc2c1C(=O)N(C1CCC(=O)NC1=O)C2=O. The van der Waals surface area contributed by atoms with E-state index in [1.165, 1.54) is 6.07 Å². The third kappa shape index (κ3) is 2.90. The van der Waals surface area contributed by atoms with E-state index in [1.54, 1.807) is 12.1 Å². The Balaban J connectivity index is 1.93. The zero-order valence-corrected chi connectivity index (χ0v) is 13.6. The van der Waals surface area contributed by atoms with Gasteiger partial charge in [0, 0.05) is 12.8 Å². The number of benzene rings is 1. The number of carbonyl (C=O) groups excluding carboxylic acids is 5. The van der Waals surface area contributed by atoms with E-state index in [2.05, 4.69) is 10.6 Å². The van der Waals surface area contributed by atoms with Crippen LogP contribution in [0.25, 0.3) is 0 Å². The van der Waals surface area contributed by atoms with Gasteiger partial charge < -0.3 is 5.32 Å². The first-order valence-corrected chi connectivity index (χ1v) is 8.08. The Morgan fingerprint density at radius 3 is 2.68 bits per heavy atom. The molecule has 0 aliphatic carbocycles. The van der Waals surface area contributed by atoms with Gasteiger partial charge in [0.15, 0.2) is 0 Å². The van der Waals surface area contributed by atoms with Crippen LogP contribution in [0, 0.1) is 0 Å². The molecule has 0 radical (unpaired) electrons. The monoisotopic (exact) mass is 343 g/mol. The zero-order chi connectivity index (χ0) is 18.1. The molecule has 130 valence electrons. The average Bonchev–Trinajstić information content (AvgIpc) is 2.81. The molecule has 2 heterocycles. The number of amides is 5. The highest BCUT2D eigenvalue weighted by Gasteiger charge is 2.45. The number of anilines is 1. The highest BCUT2D eigenvalue weighted by Crippen LogP contribution is 2.32. The molecule has 1 aromatic rings. The lowest BCUT2D eigenvalue weighted by Crippen LogP contribution is -2.54. The van der Waals surface area contributed by atoms with Gasteiger partial charge in [-0.3, -0.25) is 34.2 Å². The van der Waals surface area contributed by atoms with Crippen molar-refractivity contribution in [2.24, 2.45) is 0 Å². The first-order chi connectivity index (χ1) is 11.9. The number of rotatable bonds is 4. The summed E-state index contributed by atoms with van der Waals surface area (Å²) in [6.07, 6.45) is 1.09. The lowest BCUT2D eigenvalue weighted by molar-refractivity contribution is -0.136. The van der Waals surface area contributed by atoms with Crippen molar-refractivity contribution < 1.29 is 24.0 Å². The van der Waals surface area contributed by atoms with Crippen LogP contribution in [0.3, 0.4) is 0 Å². The second kappa shape index (κ2) is 6.46. The minimum absolute atomic E-state index is 0.0594. The Morgan fingerprint density at radius 1 is 1.24 bits per heavy atom. The van der Waals surface area contributed by atoms with Crippen molar-refractivity contribution in [3.63, 3.8) is 0 Å². The fourth-order valence-electron chi connectivity index (χ4n) is 3.06. The molecule has 2 aliphatic rings. The number of nitrogens with one attached hydrogen (secondary N) is 2. The maximum Gasteiger partial charge on any atom is 0.264 e. The summed E-state index contributed by atoms with van der Waals surface area (Å²) in [4.78, 5) is 61.5. The molecule has 0 aromatic heterocycles. The van der Waals surface area contributed by atoms with Crippen molar-refractivity contribution in [1.29, 1.82) is 0 Å². The van der Waals surface area contributed by atoms with Gasteiger partial charge in [-0.25, -0.2) is 0 Å². The van der Waals surface area contributed by atoms with Gasteiger partial charge in [-0.1, -0.05) is 13.0 Å². The lowest BCUT2D eigenvalue weighted by Gasteiger charge is -2.27. The molecule has 1 fully saturated rings. The van der Waals surface area contributed by atoms with Crippen LogP contribution in [0.1, 0.15) is 53.3 Å². The van der Waals surface area contributed by atoms with Gasteiger partial charge in [-0.05, 0) is 25.0 Å². The van der Waals surface area contributed by atoms with Crippen molar-refractivity contribution in [1.82, 2.24) is 10.2 Å². The third-order valence-corrected chi connectivity index (χ3v) is 4.22. The first kappa shape index (κ1) is 16.8. The molecular weight excluding hydrogens is 326 g/mol. The van der Waals surface area contributed by atoms with Gasteiger partial charge in [0.25, 0.3) is 11.8 Å². The van der Waals surface area contributed by atoms with Crippen LogP contribution in [0.4, 0.5) is 5.69 Å². The van der Waals surface area contributed by atoms with Gasteiger partial charge in [0.2, 0.25) is 17.7 Å². The van der Waals surface area contributed by atoms with Gasteiger partial charge in [0.1, 0.15) is 6.04 Å². The summed E-state index contributed by atoms with van der Waals surface area (Å²) >= 11 is 0. The van der Waals surface area contributed by atoms with E-state index >= 15 is 0 Å². The summed E-state index contributed by atoms with van der Waals surface area (Å²) in [6.45, 7) is 1.86. The third-order valence-electron chi connectivity index (χ3n) is 4.22. The van der Waals surface area contributed by atoms with E-state index in [0.717, 1.165) is 4.90 Å². The van der Waals surface area contributed by atoms with Crippen molar-refractivity contribution in [2.45, 2.75) is 38.6 Å². The Kier molecular flexibility index (Phi) is 4.35. The molecule has 1 unspecified atom stereocenters. The summed E-state index contributed by atoms with van der Waals surface area (Å²) in [7, 11) is 0. The van der Waals surface area contributed by atoms with Gasteiger partial charge >= 0.3 is 0 Å². The highest BCUT2D eigenvalue weighted by atomic mass is 16.2. The smallest absolute Gasteiger partial charge is 0.264 e. The molecule has 8 heteroatoms. The molecule has 0 saturated carbocycles. The number of hydrogen-bond acceptors (Lipinski definition) is 5. The summed E-state index contributed by atoms with van der Waals surface area (Å²) in [6, 6.07) is 3.58. The van der Waals surface area contributed by atoms with Crippen molar-refractivity contribution in [3.05, 3.63) is 29.3 Å². The van der Waals surface area contributed by atoms with E-state index in [1.807, 2.05) is 6.92 Å². The molecule has 1 saturated heterocycles. The Bertz CT molecular complexity index is 801. The fraction of sp³-hybridized carbons (Fsp3) is 0.353. The van der Waals surface area contributed by atoms with Crippen LogP contribution in [0.5, 0.6) is 0 Å². The lowest BCUT2D eigenvalue weighted by atomic mass is 10.0. The molecule has 25 heavy (non-hydrogen) atoms. The maximum absolute atomic E-state index is 12.8. The van der Waals surface area contributed by atoms with Crippen LogP contribution >= 0.6 is 0 Å². The molecule has 5 amide bonds. The van der Waals surface area contributed by atoms with Crippen LogP contribution in [-0.4, -0.2) is 40.5 Å². The zero-order valence-electron chi connectivity index (χ0n) is 13.6. The summed E-state index contributed by atoms with van der Waals surface area (Å²) in [5.41, 5.74) is 0.481. The largest absolute Gasteiger partial charge is 0.325 e. The minimum atomic E-state index is -1.02. The van der Waals surface area contributed by atoms with Crippen molar-refractivity contribution in [3.8, 4) is 0 Å². The van der Waals surface area contributed by atoms with E-state index in [-0.39, 0.29) is 35.6 Å². The van der Waals surface area contributed by atoms with Crippen LogP contribution < -0.4 is 10.6 Å². The summed E-state index contributed by atoms with van der Waals surface area (Å²) in [5, 5.41) is 4.79. The molecular formula is C17H17N3O5. The van der Waals surface area contributed by atoms with E-state index in [0.29, 0.717) is 12.8 Å². The van der Waals surface area contributed by atoms with Gasteiger partial charge in [0.05, 0.1) is 16.8 Å². The van der Waals surface area contributed by atoms with Crippen molar-refractivity contribution in [2.75, 3.05) is 5.32 Å². The molecule has 0 spiro atoms. The minimum Gasteiger partial charge on any atom is -0.325 e. The standard InChI is InChI=1S/C17H17N3O5/c1-2-4-12(21)18-10-6-3-5-9-14(10)17(25)20(16(9)24)11-7-8-13(22)19-15(11)23/h3,5-6,11H,2,4,7-8H2,1H3,(H,18,21)(H,19,22,23). The van der Waals surface area contributed by atoms with Crippen LogP contribution in [0.15, 0.2) is 18.2 Å². The van der Waals surface area contributed by atoms with Crippen LogP contribution in [-0.2, 0) is 14.4 Å².